The van der Waals surface area contributed by atoms with E-state index in [-0.39, 0.29) is 5.69 Å². The molecule has 0 bridgehead atoms. The van der Waals surface area contributed by atoms with Crippen molar-refractivity contribution in [2.24, 2.45) is 0 Å². The van der Waals surface area contributed by atoms with E-state index in [1.165, 1.54) is 11.3 Å². The highest BCUT2D eigenvalue weighted by Gasteiger charge is 2.38. The molecular formula is C21H12F3N3O2S2. The first-order valence-electron chi connectivity index (χ1n) is 9.03. The molecule has 0 fully saturated rings. The van der Waals surface area contributed by atoms with Crippen molar-refractivity contribution in [1.82, 2.24) is 4.98 Å². The number of aromatic nitrogens is 1. The van der Waals surface area contributed by atoms with Crippen LogP contribution in [0.2, 0.25) is 0 Å². The lowest BCUT2D eigenvalue weighted by molar-refractivity contribution is 0.253. The Morgan fingerprint density at radius 1 is 1.00 bits per heavy atom. The molecule has 3 aromatic carbocycles. The maximum Gasteiger partial charge on any atom is 0.341 e. The van der Waals surface area contributed by atoms with Crippen LogP contribution >= 0.6 is 11.3 Å². The third kappa shape index (κ3) is 3.28. The average Bonchev–Trinajstić information content (AvgIpc) is 3.21. The van der Waals surface area contributed by atoms with Gasteiger partial charge >= 0.3 is 6.03 Å². The number of amides is 2. The maximum absolute atomic E-state index is 14.3. The van der Waals surface area contributed by atoms with Crippen LogP contribution in [0.5, 0.6) is 0 Å². The fourth-order valence-corrected chi connectivity index (χ4v) is 5.42. The van der Waals surface area contributed by atoms with Gasteiger partial charge in [-0.1, -0.05) is 12.1 Å². The van der Waals surface area contributed by atoms with E-state index < -0.39 is 46.6 Å². The zero-order valence-corrected chi connectivity index (χ0v) is 17.2. The number of thiazole rings is 1. The van der Waals surface area contributed by atoms with Gasteiger partial charge in [0, 0.05) is 17.7 Å². The first-order chi connectivity index (χ1) is 14.9. The van der Waals surface area contributed by atoms with Crippen molar-refractivity contribution < 1.29 is 22.2 Å². The topological polar surface area (TPSA) is 53.5 Å². The molecular weight excluding hydrogens is 447 g/mol. The van der Waals surface area contributed by atoms with Crippen LogP contribution in [0.15, 0.2) is 65.0 Å². The molecule has 0 N–H and O–H groups in total. The van der Waals surface area contributed by atoms with Crippen LogP contribution in [0.4, 0.5) is 29.3 Å². The van der Waals surface area contributed by atoms with Crippen molar-refractivity contribution in [1.29, 1.82) is 0 Å². The third-order valence-corrected chi connectivity index (χ3v) is 7.10. The SMILES string of the molecule is O=C1N(Cc2c(F)cc(F)cc2F)c2ccccc2S(=O)N1c1ccc2ncsc2c1. The summed E-state index contributed by atoms with van der Waals surface area (Å²) in [5.74, 6) is -3.26. The molecule has 10 heteroatoms. The average molecular weight is 459 g/mol. The van der Waals surface area contributed by atoms with Gasteiger partial charge < -0.3 is 0 Å². The minimum absolute atomic E-state index is 0.268. The highest BCUT2D eigenvalue weighted by atomic mass is 32.2. The molecule has 0 radical (unpaired) electrons. The molecule has 2 amide bonds. The first-order valence-corrected chi connectivity index (χ1v) is 11.0. The van der Waals surface area contributed by atoms with Crippen LogP contribution in [0.25, 0.3) is 10.2 Å². The van der Waals surface area contributed by atoms with Crippen molar-refractivity contribution in [3.05, 3.63) is 83.1 Å². The molecule has 1 atom stereocenters. The molecule has 0 spiro atoms. The second-order valence-electron chi connectivity index (χ2n) is 6.73. The molecule has 31 heavy (non-hydrogen) atoms. The number of carbonyl (C=O) groups excluding carboxylic acids is 1. The van der Waals surface area contributed by atoms with Crippen LogP contribution in [-0.4, -0.2) is 15.2 Å². The van der Waals surface area contributed by atoms with Gasteiger partial charge in [-0.15, -0.1) is 11.3 Å². The molecule has 2 heterocycles. The summed E-state index contributed by atoms with van der Waals surface area (Å²) in [5.41, 5.74) is 2.56. The Morgan fingerprint density at radius 2 is 1.74 bits per heavy atom. The van der Waals surface area contributed by atoms with Crippen LogP contribution in [0.3, 0.4) is 0 Å². The molecule has 4 aromatic rings. The van der Waals surface area contributed by atoms with E-state index in [0.29, 0.717) is 22.7 Å². The van der Waals surface area contributed by atoms with E-state index in [0.717, 1.165) is 19.4 Å². The molecule has 0 saturated heterocycles. The van der Waals surface area contributed by atoms with E-state index >= 15 is 0 Å². The molecule has 1 aromatic heterocycles. The second kappa shape index (κ2) is 7.47. The standard InChI is InChI=1S/C21H12F3N3O2S2/c22-12-7-15(23)14(16(24)8-12)10-26-18-3-1-2-4-20(18)31(29)27(21(26)28)13-5-6-17-19(9-13)30-11-25-17/h1-9,11H,10H2. The fraction of sp³-hybridized carbons (Fsp3) is 0.0476. The van der Waals surface area contributed by atoms with Crippen molar-refractivity contribution >= 4 is 49.9 Å². The lowest BCUT2D eigenvalue weighted by Gasteiger charge is -2.35. The number of rotatable bonds is 3. The van der Waals surface area contributed by atoms with Gasteiger partial charge in [0.1, 0.15) is 17.5 Å². The number of anilines is 2. The minimum Gasteiger partial charge on any atom is -0.287 e. The van der Waals surface area contributed by atoms with Gasteiger partial charge in [0.15, 0.2) is 11.0 Å². The number of para-hydroxylation sites is 1. The molecule has 5 rings (SSSR count). The molecule has 1 unspecified atom stereocenters. The van der Waals surface area contributed by atoms with Crippen LogP contribution < -0.4 is 9.21 Å². The molecule has 0 saturated carbocycles. The summed E-state index contributed by atoms with van der Waals surface area (Å²) in [5, 5.41) is 0. The van der Waals surface area contributed by atoms with Gasteiger partial charge in [-0.3, -0.25) is 4.90 Å². The predicted octanol–water partition coefficient (Wildman–Crippen LogP) is 5.38. The minimum atomic E-state index is -1.88. The van der Waals surface area contributed by atoms with E-state index in [9.17, 15) is 22.2 Å². The molecule has 0 aliphatic carbocycles. The fourth-order valence-electron chi connectivity index (χ4n) is 3.42. The van der Waals surface area contributed by atoms with E-state index in [1.54, 1.807) is 48.0 Å². The number of carbonyl (C=O) groups is 1. The summed E-state index contributed by atoms with van der Waals surface area (Å²) < 4.78 is 57.1. The zero-order valence-electron chi connectivity index (χ0n) is 15.6. The van der Waals surface area contributed by atoms with Crippen molar-refractivity contribution in [2.75, 3.05) is 9.21 Å². The Hall–Kier alpha value is -3.24. The summed E-state index contributed by atoms with van der Waals surface area (Å²) in [7, 11) is -1.88. The molecule has 1 aliphatic rings. The third-order valence-electron chi connectivity index (χ3n) is 4.89. The Kier molecular flexibility index (Phi) is 4.75. The second-order valence-corrected chi connectivity index (χ2v) is 8.92. The normalized spacial score (nSPS) is 16.1. The zero-order chi connectivity index (χ0) is 21.7. The van der Waals surface area contributed by atoms with Gasteiger partial charge in [0.2, 0.25) is 0 Å². The first kappa shape index (κ1) is 19.7. The number of nitrogens with zero attached hydrogens (tertiary/aromatic N) is 3. The molecule has 156 valence electrons. The summed E-state index contributed by atoms with van der Waals surface area (Å²) in [6, 6.07) is 11.8. The van der Waals surface area contributed by atoms with E-state index in [4.69, 9.17) is 0 Å². The van der Waals surface area contributed by atoms with Crippen LogP contribution in [0.1, 0.15) is 5.56 Å². The van der Waals surface area contributed by atoms with Gasteiger partial charge in [-0.05, 0) is 30.3 Å². The Labute approximate surface area is 180 Å². The van der Waals surface area contributed by atoms with Gasteiger partial charge in [0.05, 0.1) is 38.5 Å². The van der Waals surface area contributed by atoms with Gasteiger partial charge in [-0.2, -0.15) is 0 Å². The van der Waals surface area contributed by atoms with Crippen molar-refractivity contribution in [3.8, 4) is 0 Å². The number of hydrogen-bond acceptors (Lipinski definition) is 4. The van der Waals surface area contributed by atoms with Crippen molar-refractivity contribution in [2.45, 2.75) is 11.4 Å². The quantitative estimate of drug-likeness (QED) is 0.413. The largest absolute Gasteiger partial charge is 0.341 e. The van der Waals surface area contributed by atoms with E-state index in [2.05, 4.69) is 4.98 Å². The lowest BCUT2D eigenvalue weighted by Crippen LogP contribution is -2.48. The van der Waals surface area contributed by atoms with E-state index in [1.807, 2.05) is 0 Å². The Bertz CT molecular complexity index is 1350. The Morgan fingerprint density at radius 3 is 2.52 bits per heavy atom. The van der Waals surface area contributed by atoms with Crippen molar-refractivity contribution in [3.63, 3.8) is 0 Å². The Balaban J connectivity index is 1.63. The van der Waals surface area contributed by atoms with Gasteiger partial charge in [-0.25, -0.2) is 31.5 Å². The number of urea groups is 1. The summed E-state index contributed by atoms with van der Waals surface area (Å²) in [4.78, 5) is 19.0. The number of benzene rings is 3. The highest BCUT2D eigenvalue weighted by Crippen LogP contribution is 2.37. The summed E-state index contributed by atoms with van der Waals surface area (Å²) >= 11 is 1.37. The summed E-state index contributed by atoms with van der Waals surface area (Å²) in [6.07, 6.45) is 0. The monoisotopic (exact) mass is 459 g/mol. The van der Waals surface area contributed by atoms with Gasteiger partial charge in [0.25, 0.3) is 0 Å². The predicted molar refractivity (Wildman–Crippen MR) is 113 cm³/mol. The maximum atomic E-state index is 14.3. The highest BCUT2D eigenvalue weighted by molar-refractivity contribution is 7.87. The number of hydrogen-bond donors (Lipinski definition) is 0. The number of fused-ring (bicyclic) bond motifs is 2. The summed E-state index contributed by atoms with van der Waals surface area (Å²) in [6.45, 7) is -0.496. The lowest BCUT2D eigenvalue weighted by atomic mass is 10.1. The molecule has 5 nitrogen and oxygen atoms in total. The van der Waals surface area contributed by atoms with Crippen LogP contribution in [0, 0.1) is 17.5 Å². The number of halogens is 3. The smallest absolute Gasteiger partial charge is 0.287 e. The van der Waals surface area contributed by atoms with Crippen LogP contribution in [-0.2, 0) is 17.5 Å². The molecule has 1 aliphatic heterocycles.